The van der Waals surface area contributed by atoms with Crippen molar-refractivity contribution in [1.82, 2.24) is 20.2 Å². The highest BCUT2D eigenvalue weighted by atomic mass is 32.2. The van der Waals surface area contributed by atoms with Gasteiger partial charge in [0.05, 0.1) is 24.1 Å². The molecule has 3 rings (SSSR count). The Morgan fingerprint density at radius 2 is 1.87 bits per heavy atom. The second-order valence-corrected chi connectivity index (χ2v) is 8.96. The van der Waals surface area contributed by atoms with Gasteiger partial charge in [-0.3, -0.25) is 4.79 Å². The number of nitrogens with one attached hydrogen (secondary N) is 2. The van der Waals surface area contributed by atoms with E-state index < -0.39 is 15.9 Å². The van der Waals surface area contributed by atoms with Crippen molar-refractivity contribution >= 4 is 15.9 Å². The van der Waals surface area contributed by atoms with Crippen molar-refractivity contribution in [2.75, 3.05) is 7.11 Å². The van der Waals surface area contributed by atoms with Gasteiger partial charge in [0.25, 0.3) is 5.91 Å². The first-order chi connectivity index (χ1) is 14.7. The van der Waals surface area contributed by atoms with Gasteiger partial charge in [-0.15, -0.1) is 0 Å². The van der Waals surface area contributed by atoms with Crippen molar-refractivity contribution < 1.29 is 22.5 Å². The summed E-state index contributed by atoms with van der Waals surface area (Å²) in [4.78, 5) is 16.6. The van der Waals surface area contributed by atoms with E-state index in [0.717, 1.165) is 11.1 Å². The van der Waals surface area contributed by atoms with E-state index in [1.807, 2.05) is 45.0 Å². The van der Waals surface area contributed by atoms with Crippen molar-refractivity contribution in [2.24, 2.45) is 0 Å². The van der Waals surface area contributed by atoms with E-state index in [2.05, 4.69) is 20.2 Å². The first-order valence-electron chi connectivity index (χ1n) is 9.58. The molecule has 10 heteroatoms. The monoisotopic (exact) mass is 444 g/mol. The normalized spacial score (nSPS) is 11.5. The van der Waals surface area contributed by atoms with Crippen LogP contribution >= 0.6 is 0 Å². The third-order valence-electron chi connectivity index (χ3n) is 4.34. The third kappa shape index (κ3) is 5.47. The number of hydrogen-bond acceptors (Lipinski definition) is 7. The van der Waals surface area contributed by atoms with Gasteiger partial charge in [0.15, 0.2) is 0 Å². The molecule has 0 unspecified atom stereocenters. The molecule has 0 saturated carbocycles. The van der Waals surface area contributed by atoms with Crippen LogP contribution in [0.3, 0.4) is 0 Å². The zero-order valence-electron chi connectivity index (χ0n) is 17.7. The zero-order valence-corrected chi connectivity index (χ0v) is 18.5. The number of aryl methyl sites for hydroxylation is 1. The molecule has 0 fully saturated rings. The molecule has 0 radical (unpaired) electrons. The maximum atomic E-state index is 12.7. The Balaban J connectivity index is 1.76. The van der Waals surface area contributed by atoms with Crippen molar-refractivity contribution in [3.05, 3.63) is 59.5 Å². The number of ether oxygens (including phenoxy) is 1. The van der Waals surface area contributed by atoms with Gasteiger partial charge in [0.2, 0.25) is 21.7 Å². The molecule has 3 aromatic rings. The Morgan fingerprint density at radius 1 is 1.16 bits per heavy atom. The van der Waals surface area contributed by atoms with E-state index in [-0.39, 0.29) is 34.7 Å². The number of methoxy groups -OCH3 is 1. The molecular formula is C21H24N4O5S. The third-order valence-corrected chi connectivity index (χ3v) is 5.74. The standard InChI is InChI=1S/C21H24N4O5S/c1-13(2)23-21(26)17-11-16(9-10-18(17)29-4)31(27,28)22-12-19-24-20(25-30-19)15-7-5-14(3)6-8-15/h5-11,13,22H,12H2,1-4H3,(H,23,26). The lowest BCUT2D eigenvalue weighted by Gasteiger charge is -2.13. The number of sulfonamides is 1. The molecule has 0 saturated heterocycles. The van der Waals surface area contributed by atoms with E-state index in [1.54, 1.807) is 0 Å². The molecule has 0 bridgehead atoms. The lowest BCUT2D eigenvalue weighted by atomic mass is 10.1. The summed E-state index contributed by atoms with van der Waals surface area (Å²) in [5, 5.41) is 6.61. The number of carbonyl (C=O) groups is 1. The van der Waals surface area contributed by atoms with Crippen molar-refractivity contribution in [3.63, 3.8) is 0 Å². The average Bonchev–Trinajstić information content (AvgIpc) is 3.21. The van der Waals surface area contributed by atoms with Gasteiger partial charge in [-0.1, -0.05) is 35.0 Å². The fourth-order valence-corrected chi connectivity index (χ4v) is 3.76. The summed E-state index contributed by atoms with van der Waals surface area (Å²) >= 11 is 0. The number of benzene rings is 2. The highest BCUT2D eigenvalue weighted by Gasteiger charge is 2.21. The topological polar surface area (TPSA) is 123 Å². The number of carbonyl (C=O) groups excluding carboxylic acids is 1. The molecule has 1 amide bonds. The van der Waals surface area contributed by atoms with Crippen LogP contribution < -0.4 is 14.8 Å². The Morgan fingerprint density at radius 3 is 2.52 bits per heavy atom. The van der Waals surface area contributed by atoms with Gasteiger partial charge < -0.3 is 14.6 Å². The first-order valence-corrected chi connectivity index (χ1v) is 11.1. The summed E-state index contributed by atoms with van der Waals surface area (Å²) in [5.74, 6) is 0.331. The summed E-state index contributed by atoms with van der Waals surface area (Å²) in [5.41, 5.74) is 1.99. The predicted molar refractivity (Wildman–Crippen MR) is 114 cm³/mol. The van der Waals surface area contributed by atoms with Gasteiger partial charge in [-0.2, -0.15) is 4.98 Å². The summed E-state index contributed by atoms with van der Waals surface area (Å²) in [6.45, 7) is 5.39. The Labute approximate surface area is 180 Å². The Bertz CT molecular complexity index is 1170. The van der Waals surface area contributed by atoms with Gasteiger partial charge in [-0.05, 0) is 39.0 Å². The molecule has 0 spiro atoms. The average molecular weight is 445 g/mol. The highest BCUT2D eigenvalue weighted by molar-refractivity contribution is 7.89. The largest absolute Gasteiger partial charge is 0.496 e. The molecule has 31 heavy (non-hydrogen) atoms. The molecule has 164 valence electrons. The molecule has 0 aliphatic heterocycles. The number of aromatic nitrogens is 2. The Hall–Kier alpha value is -3.24. The molecule has 9 nitrogen and oxygen atoms in total. The number of amides is 1. The van der Waals surface area contributed by atoms with Crippen molar-refractivity contribution in [1.29, 1.82) is 0 Å². The molecule has 1 aromatic heterocycles. The fraction of sp³-hybridized carbons (Fsp3) is 0.286. The number of hydrogen-bond donors (Lipinski definition) is 2. The smallest absolute Gasteiger partial charge is 0.255 e. The van der Waals surface area contributed by atoms with E-state index in [9.17, 15) is 13.2 Å². The molecular weight excluding hydrogens is 420 g/mol. The highest BCUT2D eigenvalue weighted by Crippen LogP contribution is 2.23. The van der Waals surface area contributed by atoms with Crippen LogP contribution in [0.4, 0.5) is 0 Å². The molecule has 0 atom stereocenters. The van der Waals surface area contributed by atoms with Crippen LogP contribution in [0.1, 0.15) is 35.7 Å². The molecule has 2 N–H and O–H groups in total. The van der Waals surface area contributed by atoms with Gasteiger partial charge >= 0.3 is 0 Å². The molecule has 1 heterocycles. The molecule has 2 aromatic carbocycles. The van der Waals surface area contributed by atoms with Gasteiger partial charge in [0.1, 0.15) is 5.75 Å². The minimum atomic E-state index is -3.94. The van der Waals surface area contributed by atoms with Crippen LogP contribution in [0, 0.1) is 6.92 Å². The quantitative estimate of drug-likeness (QED) is 0.547. The second-order valence-electron chi connectivity index (χ2n) is 7.19. The van der Waals surface area contributed by atoms with E-state index >= 15 is 0 Å². The van der Waals surface area contributed by atoms with E-state index in [4.69, 9.17) is 9.26 Å². The van der Waals surface area contributed by atoms with Crippen LogP contribution in [0.5, 0.6) is 5.75 Å². The van der Waals surface area contributed by atoms with Crippen molar-refractivity contribution in [2.45, 2.75) is 38.3 Å². The first kappa shape index (κ1) is 22.4. The SMILES string of the molecule is COc1ccc(S(=O)(=O)NCc2nc(-c3ccc(C)cc3)no2)cc1C(=O)NC(C)C. The number of nitrogens with zero attached hydrogens (tertiary/aromatic N) is 2. The van der Waals surface area contributed by atoms with Crippen LogP contribution in [0.25, 0.3) is 11.4 Å². The summed E-state index contributed by atoms with van der Waals surface area (Å²) in [6.07, 6.45) is 0. The maximum absolute atomic E-state index is 12.7. The predicted octanol–water partition coefficient (Wildman–Crippen LogP) is 2.67. The maximum Gasteiger partial charge on any atom is 0.255 e. The lowest BCUT2D eigenvalue weighted by molar-refractivity contribution is 0.0940. The fourth-order valence-electron chi connectivity index (χ4n) is 2.76. The van der Waals surface area contributed by atoms with Gasteiger partial charge in [0, 0.05) is 11.6 Å². The van der Waals surface area contributed by atoms with Crippen molar-refractivity contribution in [3.8, 4) is 17.1 Å². The Kier molecular flexibility index (Phi) is 6.71. The van der Waals surface area contributed by atoms with E-state index in [0.29, 0.717) is 5.82 Å². The summed E-state index contributed by atoms with van der Waals surface area (Å²) in [6, 6.07) is 11.5. The van der Waals surface area contributed by atoms with Crippen LogP contribution in [-0.4, -0.2) is 37.6 Å². The zero-order chi connectivity index (χ0) is 22.6. The van der Waals surface area contributed by atoms with Gasteiger partial charge in [-0.25, -0.2) is 13.1 Å². The van der Waals surface area contributed by atoms with E-state index in [1.165, 1.54) is 25.3 Å². The minimum absolute atomic E-state index is 0.0829. The molecule has 0 aliphatic carbocycles. The lowest BCUT2D eigenvalue weighted by Crippen LogP contribution is -2.31. The van der Waals surface area contributed by atoms with Crippen LogP contribution in [0.2, 0.25) is 0 Å². The molecule has 0 aliphatic rings. The number of rotatable bonds is 8. The summed E-state index contributed by atoms with van der Waals surface area (Å²) in [7, 11) is -2.53. The summed E-state index contributed by atoms with van der Waals surface area (Å²) < 4.78 is 38.2. The van der Waals surface area contributed by atoms with Crippen LogP contribution in [-0.2, 0) is 16.6 Å². The minimum Gasteiger partial charge on any atom is -0.496 e. The van der Waals surface area contributed by atoms with Crippen LogP contribution in [0.15, 0.2) is 51.9 Å². The second kappa shape index (κ2) is 9.27.